The summed E-state index contributed by atoms with van der Waals surface area (Å²) in [5.74, 6) is -0.477. The Bertz CT molecular complexity index is 1100. The van der Waals surface area contributed by atoms with E-state index in [4.69, 9.17) is 4.74 Å². The van der Waals surface area contributed by atoms with Crippen molar-refractivity contribution in [3.05, 3.63) is 70.1 Å². The number of pyridine rings is 1. The first-order valence-corrected chi connectivity index (χ1v) is 10.3. The molecule has 0 fully saturated rings. The Morgan fingerprint density at radius 2 is 1.77 bits per heavy atom. The Morgan fingerprint density at radius 1 is 1.10 bits per heavy atom. The van der Waals surface area contributed by atoms with Crippen LogP contribution in [0.1, 0.15) is 31.4 Å². The molecule has 2 aromatic carbocycles. The summed E-state index contributed by atoms with van der Waals surface area (Å²) >= 11 is 3.08. The van der Waals surface area contributed by atoms with E-state index >= 15 is 0 Å². The number of nitrogens with zero attached hydrogens (tertiary/aromatic N) is 1. The minimum atomic E-state index is -4.90. The number of aromatic nitrogens is 1. The van der Waals surface area contributed by atoms with Gasteiger partial charge in [0.1, 0.15) is 11.6 Å². The molecule has 3 rings (SSSR count). The molecule has 1 unspecified atom stereocenters. The second kappa shape index (κ2) is 8.39. The number of rotatable bonds is 6. The molecule has 1 aromatic heterocycles. The molecule has 0 bridgehead atoms. The molecule has 8 heteroatoms. The monoisotopic (exact) mass is 499 g/mol. The SMILES string of the molecule is COc1cc(F)c(Br)cc1C(C)(C)CC(O)(Cc1ccnc2ccccc12)C(F)(F)F. The smallest absolute Gasteiger partial charge is 0.417 e. The van der Waals surface area contributed by atoms with Gasteiger partial charge in [0.2, 0.25) is 0 Å². The first-order chi connectivity index (χ1) is 14.4. The van der Waals surface area contributed by atoms with Crippen molar-refractivity contribution in [3.63, 3.8) is 0 Å². The topological polar surface area (TPSA) is 42.4 Å². The number of halogens is 5. The van der Waals surface area contributed by atoms with Crippen LogP contribution in [0.15, 0.2) is 53.1 Å². The number of methoxy groups -OCH3 is 1. The van der Waals surface area contributed by atoms with Crippen LogP contribution < -0.4 is 4.74 Å². The van der Waals surface area contributed by atoms with Gasteiger partial charge < -0.3 is 9.84 Å². The van der Waals surface area contributed by atoms with E-state index in [9.17, 15) is 22.7 Å². The highest BCUT2D eigenvalue weighted by Gasteiger charge is 2.56. The summed E-state index contributed by atoms with van der Waals surface area (Å²) in [6.07, 6.45) is -4.78. The molecular formula is C23H22BrF4NO2. The molecule has 0 aliphatic rings. The third kappa shape index (κ3) is 4.70. The highest BCUT2D eigenvalue weighted by molar-refractivity contribution is 9.10. The van der Waals surface area contributed by atoms with Crippen molar-refractivity contribution < 1.29 is 27.4 Å². The van der Waals surface area contributed by atoms with E-state index in [0.29, 0.717) is 22.0 Å². The van der Waals surface area contributed by atoms with Gasteiger partial charge in [0.05, 0.1) is 17.1 Å². The summed E-state index contributed by atoms with van der Waals surface area (Å²) in [4.78, 5) is 4.18. The lowest BCUT2D eigenvalue weighted by atomic mass is 9.72. The van der Waals surface area contributed by atoms with Crippen LogP contribution in [0.3, 0.4) is 0 Å². The van der Waals surface area contributed by atoms with Crippen molar-refractivity contribution in [2.75, 3.05) is 7.11 Å². The van der Waals surface area contributed by atoms with Crippen LogP contribution in [0.25, 0.3) is 10.9 Å². The molecule has 3 aromatic rings. The molecule has 0 aliphatic heterocycles. The zero-order chi connectivity index (χ0) is 23.0. The minimum Gasteiger partial charge on any atom is -0.496 e. The van der Waals surface area contributed by atoms with Gasteiger partial charge in [-0.05, 0) is 51.5 Å². The maximum atomic E-state index is 14.2. The fourth-order valence-electron chi connectivity index (χ4n) is 3.94. The van der Waals surface area contributed by atoms with Gasteiger partial charge in [-0.15, -0.1) is 0 Å². The molecule has 1 N–H and O–H groups in total. The lowest BCUT2D eigenvalue weighted by molar-refractivity contribution is -0.266. The van der Waals surface area contributed by atoms with E-state index in [1.54, 1.807) is 38.1 Å². The summed E-state index contributed by atoms with van der Waals surface area (Å²) in [7, 11) is 1.32. The number of benzene rings is 2. The molecular weight excluding hydrogens is 478 g/mol. The van der Waals surface area contributed by atoms with Gasteiger partial charge in [-0.3, -0.25) is 4.98 Å². The molecule has 3 nitrogen and oxygen atoms in total. The predicted octanol–water partition coefficient (Wildman–Crippen LogP) is 6.35. The van der Waals surface area contributed by atoms with Crippen molar-refractivity contribution >= 4 is 26.8 Å². The molecule has 0 radical (unpaired) electrons. The number of aliphatic hydroxyl groups is 1. The van der Waals surface area contributed by atoms with Crippen molar-refractivity contribution in [3.8, 4) is 5.75 Å². The van der Waals surface area contributed by atoms with Crippen LogP contribution >= 0.6 is 15.9 Å². The molecule has 1 heterocycles. The largest absolute Gasteiger partial charge is 0.496 e. The quantitative estimate of drug-likeness (QED) is 0.402. The average Bonchev–Trinajstić information content (AvgIpc) is 2.68. The van der Waals surface area contributed by atoms with Crippen LogP contribution in [0.2, 0.25) is 0 Å². The van der Waals surface area contributed by atoms with E-state index in [2.05, 4.69) is 20.9 Å². The van der Waals surface area contributed by atoms with Crippen molar-refractivity contribution in [2.24, 2.45) is 0 Å². The second-order valence-corrected chi connectivity index (χ2v) is 9.07. The fraction of sp³-hybridized carbons (Fsp3) is 0.348. The van der Waals surface area contributed by atoms with Crippen LogP contribution in [0, 0.1) is 5.82 Å². The van der Waals surface area contributed by atoms with E-state index < -0.39 is 35.9 Å². The summed E-state index contributed by atoms with van der Waals surface area (Å²) in [6.45, 7) is 3.13. The fourth-order valence-corrected chi connectivity index (χ4v) is 4.28. The Morgan fingerprint density at radius 3 is 2.42 bits per heavy atom. The van der Waals surface area contributed by atoms with Gasteiger partial charge in [-0.25, -0.2) is 4.39 Å². The third-order valence-electron chi connectivity index (χ3n) is 5.46. The molecule has 166 valence electrons. The van der Waals surface area contributed by atoms with Crippen LogP contribution in [0.5, 0.6) is 5.75 Å². The standard InChI is InChI=1S/C23H22BrF4NO2/c1-21(2,16-10-17(24)18(25)11-20(16)31-3)13-22(30,23(26,27)28)12-14-8-9-29-19-7-5-4-6-15(14)19/h4-11,30H,12-13H2,1-3H3. The Labute approximate surface area is 186 Å². The highest BCUT2D eigenvalue weighted by Crippen LogP contribution is 2.46. The molecule has 0 saturated heterocycles. The maximum absolute atomic E-state index is 14.2. The molecule has 0 amide bonds. The van der Waals surface area contributed by atoms with E-state index in [1.165, 1.54) is 25.4 Å². The molecule has 31 heavy (non-hydrogen) atoms. The Balaban J connectivity index is 2.06. The number of hydrogen-bond acceptors (Lipinski definition) is 3. The van der Waals surface area contributed by atoms with Gasteiger partial charge in [0, 0.05) is 29.6 Å². The van der Waals surface area contributed by atoms with Crippen LogP contribution in [-0.4, -0.2) is 29.0 Å². The molecule has 0 aliphatic carbocycles. The van der Waals surface area contributed by atoms with E-state index in [1.807, 2.05) is 0 Å². The van der Waals surface area contributed by atoms with Gasteiger partial charge in [0.25, 0.3) is 0 Å². The summed E-state index contributed by atoms with van der Waals surface area (Å²) in [5, 5.41) is 11.5. The predicted molar refractivity (Wildman–Crippen MR) is 115 cm³/mol. The summed E-state index contributed by atoms with van der Waals surface area (Å²) in [6, 6.07) is 10.8. The number of fused-ring (bicyclic) bond motifs is 1. The molecule has 0 spiro atoms. The molecule has 0 saturated carbocycles. The second-order valence-electron chi connectivity index (χ2n) is 8.22. The van der Waals surface area contributed by atoms with Gasteiger partial charge in [-0.1, -0.05) is 32.0 Å². The van der Waals surface area contributed by atoms with Crippen molar-refractivity contribution in [2.45, 2.75) is 43.9 Å². The summed E-state index contributed by atoms with van der Waals surface area (Å²) < 4.78 is 61.8. The van der Waals surface area contributed by atoms with Crippen molar-refractivity contribution in [1.82, 2.24) is 4.98 Å². The lowest BCUT2D eigenvalue weighted by Gasteiger charge is -2.38. The zero-order valence-corrected chi connectivity index (χ0v) is 18.8. The van der Waals surface area contributed by atoms with E-state index in [0.717, 1.165) is 6.07 Å². The van der Waals surface area contributed by atoms with Gasteiger partial charge >= 0.3 is 6.18 Å². The number of ether oxygens (including phenoxy) is 1. The first-order valence-electron chi connectivity index (χ1n) is 9.53. The average molecular weight is 500 g/mol. The third-order valence-corrected chi connectivity index (χ3v) is 6.06. The minimum absolute atomic E-state index is 0.104. The van der Waals surface area contributed by atoms with Crippen LogP contribution in [0.4, 0.5) is 17.6 Å². The lowest BCUT2D eigenvalue weighted by Crippen LogP contribution is -2.50. The maximum Gasteiger partial charge on any atom is 0.417 e. The number of para-hydroxylation sites is 1. The van der Waals surface area contributed by atoms with Gasteiger partial charge in [-0.2, -0.15) is 13.2 Å². The number of hydrogen-bond donors (Lipinski definition) is 1. The van der Waals surface area contributed by atoms with Crippen LogP contribution in [-0.2, 0) is 11.8 Å². The zero-order valence-electron chi connectivity index (χ0n) is 17.2. The Kier molecular flexibility index (Phi) is 6.35. The van der Waals surface area contributed by atoms with Gasteiger partial charge in [0.15, 0.2) is 5.60 Å². The first kappa shape index (κ1) is 23.5. The highest BCUT2D eigenvalue weighted by atomic mass is 79.9. The number of alkyl halides is 3. The van der Waals surface area contributed by atoms with E-state index in [-0.39, 0.29) is 10.2 Å². The Hall–Kier alpha value is -2.19. The van der Waals surface area contributed by atoms with Crippen molar-refractivity contribution in [1.29, 1.82) is 0 Å². The normalized spacial score (nSPS) is 14.5. The summed E-state index contributed by atoms with van der Waals surface area (Å²) in [5.41, 5.74) is -2.99. The molecule has 1 atom stereocenters.